The number of esters is 1. The minimum atomic E-state index is -1.09. The Kier molecular flexibility index (Phi) is 6.76. The van der Waals surface area contributed by atoms with Gasteiger partial charge < -0.3 is 26.0 Å². The number of amides is 2. The number of aromatic hydroxyl groups is 2. The van der Waals surface area contributed by atoms with E-state index in [1.165, 1.54) is 6.07 Å². The van der Waals surface area contributed by atoms with Gasteiger partial charge in [-0.2, -0.15) is 0 Å². The van der Waals surface area contributed by atoms with E-state index in [1.54, 1.807) is 24.3 Å². The van der Waals surface area contributed by atoms with Crippen LogP contribution < -0.4 is 11.1 Å². The fourth-order valence-electron chi connectivity index (χ4n) is 2.27. The highest BCUT2D eigenvalue weighted by atomic mass is 16.5. The number of nitrogens with one attached hydrogen (secondary N) is 1. The Hall–Kier alpha value is -3.55. The summed E-state index contributed by atoms with van der Waals surface area (Å²) in [4.78, 5) is 35.7. The van der Waals surface area contributed by atoms with Crippen LogP contribution in [0.5, 0.6) is 11.5 Å². The number of hydrogen-bond acceptors (Lipinski definition) is 6. The summed E-state index contributed by atoms with van der Waals surface area (Å²) >= 11 is 0. The highest BCUT2D eigenvalue weighted by molar-refractivity contribution is 5.97. The van der Waals surface area contributed by atoms with Gasteiger partial charge in [0, 0.05) is 12.0 Å². The molecular formula is C19H20N2O6. The molecule has 142 valence electrons. The Balaban J connectivity index is 2.05. The summed E-state index contributed by atoms with van der Waals surface area (Å²) < 4.78 is 5.21. The topological polar surface area (TPSA) is 139 Å². The summed E-state index contributed by atoms with van der Waals surface area (Å²) in [7, 11) is 0. The van der Waals surface area contributed by atoms with Crippen molar-refractivity contribution in [1.29, 1.82) is 0 Å². The number of hydrogen-bond donors (Lipinski definition) is 4. The molecule has 8 heteroatoms. The smallest absolute Gasteiger partial charge is 0.328 e. The van der Waals surface area contributed by atoms with Crippen LogP contribution in [0.1, 0.15) is 28.8 Å². The van der Waals surface area contributed by atoms with Gasteiger partial charge in [0.1, 0.15) is 12.6 Å². The lowest BCUT2D eigenvalue weighted by atomic mass is 10.1. The molecule has 0 aliphatic carbocycles. The molecule has 0 bridgehead atoms. The van der Waals surface area contributed by atoms with Crippen LogP contribution in [-0.4, -0.2) is 34.0 Å². The van der Waals surface area contributed by atoms with E-state index in [9.17, 15) is 24.6 Å². The third-order valence-electron chi connectivity index (χ3n) is 3.73. The van der Waals surface area contributed by atoms with Crippen molar-refractivity contribution >= 4 is 17.8 Å². The monoisotopic (exact) mass is 372 g/mol. The molecule has 27 heavy (non-hydrogen) atoms. The van der Waals surface area contributed by atoms with Gasteiger partial charge in [0.15, 0.2) is 11.5 Å². The Labute approximate surface area is 155 Å². The van der Waals surface area contributed by atoms with E-state index < -0.39 is 29.6 Å². The number of benzene rings is 2. The minimum absolute atomic E-state index is 0.0165. The van der Waals surface area contributed by atoms with E-state index in [4.69, 9.17) is 10.5 Å². The average molecular weight is 372 g/mol. The van der Waals surface area contributed by atoms with Crippen molar-refractivity contribution in [1.82, 2.24) is 5.32 Å². The average Bonchev–Trinajstić information content (AvgIpc) is 2.65. The molecule has 2 amide bonds. The molecule has 0 radical (unpaired) electrons. The lowest BCUT2D eigenvalue weighted by Gasteiger charge is -2.17. The summed E-state index contributed by atoms with van der Waals surface area (Å²) in [5.74, 6) is -2.85. The molecular weight excluding hydrogens is 352 g/mol. The summed E-state index contributed by atoms with van der Waals surface area (Å²) in [5.41, 5.74) is 5.92. The first-order chi connectivity index (χ1) is 12.9. The Morgan fingerprint density at radius 3 is 2.37 bits per heavy atom. The molecule has 1 atom stereocenters. The quantitative estimate of drug-likeness (QED) is 0.406. The zero-order chi connectivity index (χ0) is 19.8. The summed E-state index contributed by atoms with van der Waals surface area (Å²) in [5, 5.41) is 21.3. The second kappa shape index (κ2) is 9.23. The van der Waals surface area contributed by atoms with E-state index in [0.29, 0.717) is 0 Å². The molecule has 8 nitrogen and oxygen atoms in total. The minimum Gasteiger partial charge on any atom is -0.504 e. The summed E-state index contributed by atoms with van der Waals surface area (Å²) in [6.07, 6.45) is -0.148. The van der Waals surface area contributed by atoms with E-state index >= 15 is 0 Å². The SMILES string of the molecule is NC(=O)CC[C@H](NC(=O)c1ccc(O)c(O)c1)C(=O)OCc1ccccc1. The number of phenolic OH excluding ortho intramolecular Hbond substituents is 2. The zero-order valence-electron chi connectivity index (χ0n) is 14.4. The molecule has 5 N–H and O–H groups in total. The second-order valence-corrected chi connectivity index (χ2v) is 5.83. The van der Waals surface area contributed by atoms with Crippen LogP contribution in [0.4, 0.5) is 0 Å². The van der Waals surface area contributed by atoms with Crippen molar-refractivity contribution in [3.05, 3.63) is 59.7 Å². The third kappa shape index (κ3) is 6.03. The van der Waals surface area contributed by atoms with Gasteiger partial charge in [-0.1, -0.05) is 30.3 Å². The Morgan fingerprint density at radius 2 is 1.74 bits per heavy atom. The normalized spacial score (nSPS) is 11.4. The van der Waals surface area contributed by atoms with Gasteiger partial charge in [-0.3, -0.25) is 9.59 Å². The lowest BCUT2D eigenvalue weighted by molar-refractivity contribution is -0.147. The van der Waals surface area contributed by atoms with Crippen molar-refractivity contribution in [2.24, 2.45) is 5.73 Å². The van der Waals surface area contributed by atoms with Gasteiger partial charge in [-0.05, 0) is 30.2 Å². The molecule has 0 unspecified atom stereocenters. The molecule has 0 aliphatic rings. The molecule has 0 saturated carbocycles. The van der Waals surface area contributed by atoms with Crippen molar-refractivity contribution in [3.8, 4) is 11.5 Å². The molecule has 0 heterocycles. The van der Waals surface area contributed by atoms with Crippen LogP contribution in [0.25, 0.3) is 0 Å². The first-order valence-electron chi connectivity index (χ1n) is 8.18. The van der Waals surface area contributed by atoms with Crippen LogP contribution in [0.3, 0.4) is 0 Å². The standard InChI is InChI=1S/C19H20N2O6/c20-17(24)9-7-14(19(26)27-11-12-4-2-1-3-5-12)21-18(25)13-6-8-15(22)16(23)10-13/h1-6,8,10,14,22-23H,7,9,11H2,(H2,20,24)(H,21,25)/t14-/m0/s1. The van der Waals surface area contributed by atoms with Crippen molar-refractivity contribution in [2.75, 3.05) is 0 Å². The fourth-order valence-corrected chi connectivity index (χ4v) is 2.27. The maximum atomic E-state index is 12.3. The van der Waals surface area contributed by atoms with Crippen LogP contribution in [0.15, 0.2) is 48.5 Å². The maximum absolute atomic E-state index is 12.3. The van der Waals surface area contributed by atoms with Crippen LogP contribution in [-0.2, 0) is 20.9 Å². The maximum Gasteiger partial charge on any atom is 0.328 e. The number of primary amides is 1. The predicted octanol–water partition coefficient (Wildman–Crippen LogP) is 1.21. The van der Waals surface area contributed by atoms with E-state index in [-0.39, 0.29) is 30.8 Å². The first-order valence-corrected chi connectivity index (χ1v) is 8.18. The largest absolute Gasteiger partial charge is 0.504 e. The third-order valence-corrected chi connectivity index (χ3v) is 3.73. The van der Waals surface area contributed by atoms with Gasteiger partial charge in [-0.25, -0.2) is 4.79 Å². The van der Waals surface area contributed by atoms with Gasteiger partial charge in [0.25, 0.3) is 5.91 Å². The number of ether oxygens (including phenoxy) is 1. The number of carbonyl (C=O) groups is 3. The number of rotatable bonds is 8. The van der Waals surface area contributed by atoms with Crippen molar-refractivity contribution in [3.63, 3.8) is 0 Å². The summed E-state index contributed by atoms with van der Waals surface area (Å²) in [6, 6.07) is 11.4. The molecule has 2 rings (SSSR count). The molecule has 2 aromatic rings. The molecule has 0 aliphatic heterocycles. The number of phenols is 2. The van der Waals surface area contributed by atoms with Gasteiger partial charge in [0.2, 0.25) is 5.91 Å². The highest BCUT2D eigenvalue weighted by Gasteiger charge is 2.24. The van der Waals surface area contributed by atoms with Gasteiger partial charge in [-0.15, -0.1) is 0 Å². The van der Waals surface area contributed by atoms with Gasteiger partial charge in [0.05, 0.1) is 0 Å². The number of carbonyl (C=O) groups excluding carboxylic acids is 3. The molecule has 0 aromatic heterocycles. The van der Waals surface area contributed by atoms with E-state index in [0.717, 1.165) is 17.7 Å². The summed E-state index contributed by atoms with van der Waals surface area (Å²) in [6.45, 7) is 0.0165. The first kappa shape index (κ1) is 19.8. The van der Waals surface area contributed by atoms with Crippen molar-refractivity contribution < 1.29 is 29.3 Å². The van der Waals surface area contributed by atoms with Crippen molar-refractivity contribution in [2.45, 2.75) is 25.5 Å². The van der Waals surface area contributed by atoms with E-state index in [2.05, 4.69) is 5.32 Å². The molecule has 0 fully saturated rings. The Bertz CT molecular complexity index is 822. The fraction of sp³-hybridized carbons (Fsp3) is 0.211. The molecule has 2 aromatic carbocycles. The predicted molar refractivity (Wildman–Crippen MR) is 95.7 cm³/mol. The highest BCUT2D eigenvalue weighted by Crippen LogP contribution is 2.24. The lowest BCUT2D eigenvalue weighted by Crippen LogP contribution is -2.42. The van der Waals surface area contributed by atoms with Gasteiger partial charge >= 0.3 is 5.97 Å². The van der Waals surface area contributed by atoms with Crippen LogP contribution >= 0.6 is 0 Å². The van der Waals surface area contributed by atoms with Crippen LogP contribution in [0.2, 0.25) is 0 Å². The van der Waals surface area contributed by atoms with E-state index in [1.807, 2.05) is 6.07 Å². The molecule has 0 spiro atoms. The Morgan fingerprint density at radius 1 is 1.04 bits per heavy atom. The zero-order valence-corrected chi connectivity index (χ0v) is 14.4. The van der Waals surface area contributed by atoms with Crippen LogP contribution in [0, 0.1) is 0 Å². The number of nitrogens with two attached hydrogens (primary N) is 1. The second-order valence-electron chi connectivity index (χ2n) is 5.83. The molecule has 0 saturated heterocycles.